The fourth-order valence-electron chi connectivity index (χ4n) is 4.74. The molecule has 2 aliphatic rings. The van der Waals surface area contributed by atoms with Gasteiger partial charge in [0.25, 0.3) is 0 Å². The molecule has 0 aromatic heterocycles. The van der Waals surface area contributed by atoms with Gasteiger partial charge in [0.2, 0.25) is 0 Å². The van der Waals surface area contributed by atoms with E-state index in [0.717, 1.165) is 12.0 Å². The summed E-state index contributed by atoms with van der Waals surface area (Å²) < 4.78 is 0. The minimum absolute atomic E-state index is 0.0288. The SMILES string of the molecule is CC1=C(C(C)(C)/C=C\C(C)C)CC(C)C(C(=O)c2ccc(C3=C(O)CCCC3=O)cc2)=C1. The molecule has 1 N–H and O–H groups in total. The molecular formula is C29H36O3. The summed E-state index contributed by atoms with van der Waals surface area (Å²) in [5, 5.41) is 10.2. The fourth-order valence-corrected chi connectivity index (χ4v) is 4.74. The standard InChI is InChI=1S/C29H36O3/c1-18(2)14-15-29(5,6)24-17-19(3)23(16-20(24)4)28(32)22-12-10-21(11-13-22)27-25(30)8-7-9-26(27)31/h10-16,18-19,30H,7-9,17H2,1-6H3/b15-14-. The van der Waals surface area contributed by atoms with Crippen LogP contribution in [0.25, 0.3) is 5.57 Å². The third-order valence-corrected chi connectivity index (χ3v) is 6.65. The van der Waals surface area contributed by atoms with Crippen LogP contribution in [-0.4, -0.2) is 16.7 Å². The van der Waals surface area contributed by atoms with Crippen LogP contribution in [0.1, 0.15) is 83.1 Å². The van der Waals surface area contributed by atoms with Crippen molar-refractivity contribution in [2.75, 3.05) is 0 Å². The minimum Gasteiger partial charge on any atom is -0.512 e. The number of ketones is 2. The molecule has 3 rings (SSSR count). The van der Waals surface area contributed by atoms with Crippen LogP contribution in [-0.2, 0) is 4.79 Å². The summed E-state index contributed by atoms with van der Waals surface area (Å²) in [4.78, 5) is 25.6. The Kier molecular flexibility index (Phi) is 7.07. The van der Waals surface area contributed by atoms with Crippen molar-refractivity contribution < 1.29 is 14.7 Å². The van der Waals surface area contributed by atoms with Gasteiger partial charge in [0.1, 0.15) is 5.76 Å². The Labute approximate surface area is 192 Å². The van der Waals surface area contributed by atoms with E-state index in [-0.39, 0.29) is 28.7 Å². The van der Waals surface area contributed by atoms with Gasteiger partial charge in [-0.2, -0.15) is 0 Å². The lowest BCUT2D eigenvalue weighted by Gasteiger charge is -2.33. The monoisotopic (exact) mass is 432 g/mol. The van der Waals surface area contributed by atoms with Gasteiger partial charge in [0.15, 0.2) is 11.6 Å². The molecule has 0 aliphatic heterocycles. The molecule has 1 unspecified atom stereocenters. The van der Waals surface area contributed by atoms with E-state index in [4.69, 9.17) is 0 Å². The third-order valence-electron chi connectivity index (χ3n) is 6.65. The molecule has 1 atom stereocenters. The van der Waals surface area contributed by atoms with Crippen LogP contribution in [0, 0.1) is 17.3 Å². The zero-order valence-corrected chi connectivity index (χ0v) is 20.3. The van der Waals surface area contributed by atoms with Gasteiger partial charge in [0, 0.05) is 29.4 Å². The maximum absolute atomic E-state index is 13.3. The predicted molar refractivity (Wildman–Crippen MR) is 132 cm³/mol. The molecule has 0 bridgehead atoms. The van der Waals surface area contributed by atoms with E-state index in [0.29, 0.717) is 41.9 Å². The highest BCUT2D eigenvalue weighted by molar-refractivity contribution is 6.22. The number of carbonyl (C=O) groups excluding carboxylic acids is 2. The second kappa shape index (κ2) is 9.44. The highest BCUT2D eigenvalue weighted by Crippen LogP contribution is 2.41. The Morgan fingerprint density at radius 3 is 2.41 bits per heavy atom. The van der Waals surface area contributed by atoms with E-state index in [1.807, 2.05) is 0 Å². The quantitative estimate of drug-likeness (QED) is 0.376. The number of benzene rings is 1. The first-order chi connectivity index (χ1) is 15.0. The zero-order chi connectivity index (χ0) is 23.6. The van der Waals surface area contributed by atoms with Crippen molar-refractivity contribution in [3.05, 3.63) is 76.1 Å². The number of allylic oxidation sites excluding steroid dienone is 8. The Hall–Kier alpha value is -2.68. The van der Waals surface area contributed by atoms with Crippen LogP contribution >= 0.6 is 0 Å². The molecule has 0 saturated carbocycles. The van der Waals surface area contributed by atoms with Gasteiger partial charge in [-0.15, -0.1) is 0 Å². The molecule has 0 fully saturated rings. The van der Waals surface area contributed by atoms with Gasteiger partial charge < -0.3 is 5.11 Å². The first kappa shape index (κ1) is 24.0. The summed E-state index contributed by atoms with van der Waals surface area (Å²) >= 11 is 0. The lowest BCUT2D eigenvalue weighted by molar-refractivity contribution is -0.114. The minimum atomic E-state index is -0.0440. The number of aliphatic hydroxyl groups is 1. The number of hydrogen-bond acceptors (Lipinski definition) is 3. The lowest BCUT2D eigenvalue weighted by Crippen LogP contribution is -2.22. The molecule has 0 heterocycles. The molecule has 0 spiro atoms. The van der Waals surface area contributed by atoms with Gasteiger partial charge in [-0.05, 0) is 37.2 Å². The summed E-state index contributed by atoms with van der Waals surface area (Å²) in [6.07, 6.45) is 9.15. The number of hydrogen-bond donors (Lipinski definition) is 1. The van der Waals surface area contributed by atoms with Crippen LogP contribution in [0.2, 0.25) is 0 Å². The van der Waals surface area contributed by atoms with Gasteiger partial charge in [-0.3, -0.25) is 9.59 Å². The molecule has 2 aliphatic carbocycles. The Morgan fingerprint density at radius 2 is 1.81 bits per heavy atom. The van der Waals surface area contributed by atoms with Crippen LogP contribution in [0.4, 0.5) is 0 Å². The number of carbonyl (C=O) groups is 2. The van der Waals surface area contributed by atoms with Crippen molar-refractivity contribution in [1.29, 1.82) is 0 Å². The van der Waals surface area contributed by atoms with Crippen LogP contribution < -0.4 is 0 Å². The Morgan fingerprint density at radius 1 is 1.16 bits per heavy atom. The molecule has 0 amide bonds. The highest BCUT2D eigenvalue weighted by Gasteiger charge is 2.30. The van der Waals surface area contributed by atoms with Crippen molar-refractivity contribution in [2.24, 2.45) is 17.3 Å². The summed E-state index contributed by atoms with van der Waals surface area (Å²) in [5.41, 5.74) is 5.05. The van der Waals surface area contributed by atoms with Crippen molar-refractivity contribution in [2.45, 2.75) is 67.2 Å². The number of Topliss-reactive ketones (excluding diaryl/α,β-unsaturated/α-hetero) is 2. The molecule has 3 heteroatoms. The molecule has 3 nitrogen and oxygen atoms in total. The summed E-state index contributed by atoms with van der Waals surface area (Å²) in [6.45, 7) is 13.1. The summed E-state index contributed by atoms with van der Waals surface area (Å²) in [7, 11) is 0. The van der Waals surface area contributed by atoms with Gasteiger partial charge in [-0.25, -0.2) is 0 Å². The molecular weight excluding hydrogens is 396 g/mol. The lowest BCUT2D eigenvalue weighted by atomic mass is 9.71. The second-order valence-electron chi connectivity index (χ2n) is 10.2. The molecule has 32 heavy (non-hydrogen) atoms. The van der Waals surface area contributed by atoms with Crippen LogP contribution in [0.5, 0.6) is 0 Å². The average Bonchev–Trinajstić information content (AvgIpc) is 2.73. The van der Waals surface area contributed by atoms with E-state index >= 15 is 0 Å². The maximum Gasteiger partial charge on any atom is 0.189 e. The second-order valence-corrected chi connectivity index (χ2v) is 10.2. The fraction of sp³-hybridized carbons (Fsp3) is 0.448. The van der Waals surface area contributed by atoms with Gasteiger partial charge in [-0.1, -0.05) is 88.3 Å². The van der Waals surface area contributed by atoms with E-state index in [1.54, 1.807) is 24.3 Å². The molecule has 0 saturated heterocycles. The predicted octanol–water partition coefficient (Wildman–Crippen LogP) is 7.41. The third kappa shape index (κ3) is 5.03. The van der Waals surface area contributed by atoms with Crippen LogP contribution in [0.15, 0.2) is 65.0 Å². The normalized spacial score (nSPS) is 20.4. The number of aliphatic hydroxyl groups excluding tert-OH is 1. The molecule has 1 aromatic rings. The van der Waals surface area contributed by atoms with Crippen molar-refractivity contribution >= 4 is 17.1 Å². The summed E-state index contributed by atoms with van der Waals surface area (Å²) in [6, 6.07) is 7.11. The molecule has 170 valence electrons. The first-order valence-electron chi connectivity index (χ1n) is 11.7. The van der Waals surface area contributed by atoms with E-state index in [1.165, 1.54) is 11.1 Å². The topological polar surface area (TPSA) is 54.4 Å². The average molecular weight is 433 g/mol. The van der Waals surface area contributed by atoms with Crippen molar-refractivity contribution in [3.8, 4) is 0 Å². The van der Waals surface area contributed by atoms with E-state index < -0.39 is 0 Å². The first-order valence-corrected chi connectivity index (χ1v) is 11.7. The smallest absolute Gasteiger partial charge is 0.189 e. The van der Waals surface area contributed by atoms with Gasteiger partial charge >= 0.3 is 0 Å². The maximum atomic E-state index is 13.3. The van der Waals surface area contributed by atoms with E-state index in [9.17, 15) is 14.7 Å². The number of rotatable bonds is 6. The Balaban J connectivity index is 1.88. The van der Waals surface area contributed by atoms with E-state index in [2.05, 4.69) is 59.8 Å². The molecule has 1 aromatic carbocycles. The Bertz CT molecular complexity index is 1030. The van der Waals surface area contributed by atoms with Crippen LogP contribution in [0.3, 0.4) is 0 Å². The molecule has 0 radical (unpaired) electrons. The van der Waals surface area contributed by atoms with Gasteiger partial charge in [0.05, 0.1) is 5.57 Å². The van der Waals surface area contributed by atoms with Crippen molar-refractivity contribution in [1.82, 2.24) is 0 Å². The summed E-state index contributed by atoms with van der Waals surface area (Å²) in [5.74, 6) is 0.809. The largest absolute Gasteiger partial charge is 0.512 e. The highest BCUT2D eigenvalue weighted by atomic mass is 16.3. The zero-order valence-electron chi connectivity index (χ0n) is 20.3. The van der Waals surface area contributed by atoms with Crippen molar-refractivity contribution in [3.63, 3.8) is 0 Å².